The summed E-state index contributed by atoms with van der Waals surface area (Å²) in [7, 11) is 2.13. The van der Waals surface area contributed by atoms with Gasteiger partial charge in [0.2, 0.25) is 11.7 Å². The molecule has 46 heavy (non-hydrogen) atoms. The van der Waals surface area contributed by atoms with Gasteiger partial charge in [-0.2, -0.15) is 10.2 Å². The molecule has 246 valence electrons. The number of pyridine rings is 1. The Labute approximate surface area is 275 Å². The molecule has 0 radical (unpaired) electrons. The van der Waals surface area contributed by atoms with Crippen LogP contribution in [0.25, 0.3) is 11.5 Å². The molecule has 0 aromatic carbocycles. The molecule has 2 saturated heterocycles. The Morgan fingerprint density at radius 1 is 1.13 bits per heavy atom. The first-order chi connectivity index (χ1) is 21.8. The summed E-state index contributed by atoms with van der Waals surface area (Å²) in [6, 6.07) is 6.45. The average Bonchev–Trinajstić information content (AvgIpc) is 3.64. The highest BCUT2D eigenvalue weighted by atomic mass is 32.1. The molecule has 5 heterocycles. The zero-order valence-electron chi connectivity index (χ0n) is 28.0. The van der Waals surface area contributed by atoms with Gasteiger partial charge in [0.15, 0.2) is 0 Å². The first kappa shape index (κ1) is 32.1. The van der Waals surface area contributed by atoms with Crippen molar-refractivity contribution in [2.24, 2.45) is 0 Å². The number of anilines is 3. The number of thiophene rings is 1. The lowest BCUT2D eigenvalue weighted by Gasteiger charge is -2.41. The van der Waals surface area contributed by atoms with E-state index in [-0.39, 0.29) is 12.1 Å². The van der Waals surface area contributed by atoms with Crippen LogP contribution in [0.15, 0.2) is 16.7 Å². The molecule has 1 aliphatic carbocycles. The number of amides is 1. The smallest absolute Gasteiger partial charge is 0.410 e. The van der Waals surface area contributed by atoms with Crippen LogP contribution < -0.4 is 15.5 Å². The van der Waals surface area contributed by atoms with Crippen LogP contribution in [0.5, 0.6) is 0 Å². The number of nitrogens with two attached hydrogens (primary N) is 1. The van der Waals surface area contributed by atoms with Gasteiger partial charge in [-0.15, -0.1) is 11.3 Å². The van der Waals surface area contributed by atoms with Crippen molar-refractivity contribution in [3.63, 3.8) is 0 Å². The Morgan fingerprint density at radius 2 is 1.85 bits per heavy atom. The molecular weight excluding hydrogens is 602 g/mol. The highest BCUT2D eigenvalue weighted by Gasteiger charge is 2.45. The van der Waals surface area contributed by atoms with Crippen molar-refractivity contribution in [3.8, 4) is 17.6 Å². The molecule has 2 N–H and O–H groups in total. The quantitative estimate of drug-likeness (QED) is 0.407. The third kappa shape index (κ3) is 6.00. The zero-order valence-corrected chi connectivity index (χ0v) is 28.8. The lowest BCUT2D eigenvalue weighted by atomic mass is 9.69. The van der Waals surface area contributed by atoms with Crippen molar-refractivity contribution >= 4 is 33.9 Å². The van der Waals surface area contributed by atoms with Crippen LogP contribution in [-0.4, -0.2) is 95.5 Å². The molecule has 2 aliphatic heterocycles. The van der Waals surface area contributed by atoms with Crippen LogP contribution in [0.3, 0.4) is 0 Å². The largest absolute Gasteiger partial charge is 0.444 e. The normalized spacial score (nSPS) is 24.1. The van der Waals surface area contributed by atoms with Crippen molar-refractivity contribution in [3.05, 3.63) is 34.0 Å². The predicted octanol–water partition coefficient (Wildman–Crippen LogP) is 5.05. The van der Waals surface area contributed by atoms with E-state index < -0.39 is 11.0 Å². The highest BCUT2D eigenvalue weighted by molar-refractivity contribution is 7.16. The average molecular weight is 648 g/mol. The van der Waals surface area contributed by atoms with E-state index in [1.54, 1.807) is 0 Å². The number of hydrogen-bond acceptors (Lipinski definition) is 12. The van der Waals surface area contributed by atoms with Gasteiger partial charge in [0.05, 0.1) is 11.0 Å². The second-order valence-corrected chi connectivity index (χ2v) is 15.3. The number of likely N-dealkylation sites (N-methyl/N-ethyl adjacent to an activating group) is 1. The first-order valence-corrected chi connectivity index (χ1v) is 17.0. The van der Waals surface area contributed by atoms with E-state index in [0.717, 1.165) is 61.0 Å². The number of nitrogens with zero attached hydrogens (tertiary/aromatic N) is 8. The Kier molecular flexibility index (Phi) is 8.39. The van der Waals surface area contributed by atoms with Crippen LogP contribution in [0.1, 0.15) is 82.2 Å². The second-order valence-electron chi connectivity index (χ2n) is 14.2. The maximum atomic E-state index is 12.9. The van der Waals surface area contributed by atoms with Gasteiger partial charge in [-0.25, -0.2) is 9.78 Å². The van der Waals surface area contributed by atoms with Crippen molar-refractivity contribution in [2.45, 2.75) is 77.4 Å². The molecule has 3 aromatic heterocycles. The molecule has 0 spiro atoms. The summed E-state index contributed by atoms with van der Waals surface area (Å²) in [6.45, 7) is 17.5. The van der Waals surface area contributed by atoms with Crippen molar-refractivity contribution in [1.29, 1.82) is 5.26 Å². The number of carbonyl (C=O) groups excluding carboxylic acids is 1. The van der Waals surface area contributed by atoms with Gasteiger partial charge in [-0.3, -0.25) is 0 Å². The first-order valence-electron chi connectivity index (χ1n) is 16.1. The number of aromatic nitrogens is 3. The predicted molar refractivity (Wildman–Crippen MR) is 179 cm³/mol. The van der Waals surface area contributed by atoms with E-state index in [1.165, 1.54) is 11.3 Å². The molecule has 1 amide bonds. The lowest BCUT2D eigenvalue weighted by Crippen LogP contribution is -2.55. The highest BCUT2D eigenvalue weighted by Crippen LogP contribution is 2.52. The van der Waals surface area contributed by atoms with E-state index in [0.29, 0.717) is 53.5 Å². The molecule has 12 nitrogen and oxygen atoms in total. The Morgan fingerprint density at radius 3 is 2.52 bits per heavy atom. The summed E-state index contributed by atoms with van der Waals surface area (Å²) in [5.74, 6) is 2.06. The third-order valence-corrected chi connectivity index (χ3v) is 10.8. The summed E-state index contributed by atoms with van der Waals surface area (Å²) < 4.78 is 11.7. The molecule has 13 heteroatoms. The van der Waals surface area contributed by atoms with E-state index in [2.05, 4.69) is 59.8 Å². The molecular formula is C33H45N9O3S. The maximum Gasteiger partial charge on any atom is 0.410 e. The molecule has 3 atom stereocenters. The number of piperazine rings is 2. The second kappa shape index (κ2) is 12.0. The Bertz CT molecular complexity index is 1650. The van der Waals surface area contributed by atoms with Gasteiger partial charge >= 0.3 is 6.09 Å². The number of ether oxygens (including phenoxy) is 1. The Hall–Kier alpha value is -3.89. The number of rotatable bonds is 4. The van der Waals surface area contributed by atoms with E-state index in [1.807, 2.05) is 31.7 Å². The third-order valence-electron chi connectivity index (χ3n) is 9.52. The van der Waals surface area contributed by atoms with Crippen LogP contribution in [-0.2, 0) is 10.2 Å². The summed E-state index contributed by atoms with van der Waals surface area (Å²) in [5, 5.41) is 15.0. The molecule has 2 fully saturated rings. The van der Waals surface area contributed by atoms with Crippen LogP contribution in [0.4, 0.5) is 21.3 Å². The molecule has 3 unspecified atom stereocenters. The minimum absolute atomic E-state index is 0.0423. The summed E-state index contributed by atoms with van der Waals surface area (Å²) in [4.78, 5) is 32.8. The fourth-order valence-electron chi connectivity index (χ4n) is 6.78. The van der Waals surface area contributed by atoms with Gasteiger partial charge < -0.3 is 34.6 Å². The zero-order chi connectivity index (χ0) is 33.0. The number of carbonyl (C=O) groups is 1. The van der Waals surface area contributed by atoms with Gasteiger partial charge in [0, 0.05) is 74.0 Å². The van der Waals surface area contributed by atoms with Gasteiger partial charge in [-0.1, -0.05) is 12.1 Å². The van der Waals surface area contributed by atoms with Gasteiger partial charge in [0.25, 0.3) is 0 Å². The standard InChI is InChI=1S/C33H45N9O3S/c1-20-8-9-33(6,26-23(18-34)28(35)46-27(20)26)30-37-29(38-45-30)24-16-22(17-25(36-24)40-12-10-39(7)11-13-40)41-14-15-42(21(2)19-41)31(43)44-32(3,4)5/h16-17,20-21H,8-15,19,35H2,1-7H3. The molecule has 6 rings (SSSR count). The minimum Gasteiger partial charge on any atom is -0.444 e. The van der Waals surface area contributed by atoms with E-state index >= 15 is 0 Å². The van der Waals surface area contributed by atoms with E-state index in [4.69, 9.17) is 25.0 Å². The summed E-state index contributed by atoms with van der Waals surface area (Å²) >= 11 is 1.50. The number of nitrogen functional groups attached to an aromatic ring is 1. The van der Waals surface area contributed by atoms with Crippen LogP contribution in [0, 0.1) is 11.3 Å². The monoisotopic (exact) mass is 647 g/mol. The number of fused-ring (bicyclic) bond motifs is 1. The number of nitriles is 1. The maximum absolute atomic E-state index is 12.9. The Balaban J connectivity index is 1.34. The topological polar surface area (TPSA) is 141 Å². The van der Waals surface area contributed by atoms with Crippen molar-refractivity contribution < 1.29 is 14.1 Å². The summed E-state index contributed by atoms with van der Waals surface area (Å²) in [6.07, 6.45) is 1.42. The van der Waals surface area contributed by atoms with Crippen molar-refractivity contribution in [1.82, 2.24) is 24.9 Å². The molecule has 3 aromatic rings. The fraction of sp³-hybridized carbons (Fsp3) is 0.606. The molecule has 0 bridgehead atoms. The number of hydrogen-bond donors (Lipinski definition) is 1. The van der Waals surface area contributed by atoms with Gasteiger partial charge in [-0.05, 0) is 66.5 Å². The lowest BCUT2D eigenvalue weighted by molar-refractivity contribution is 0.0159. The fourth-order valence-corrected chi connectivity index (χ4v) is 8.02. The molecule has 0 saturated carbocycles. The van der Waals surface area contributed by atoms with Crippen molar-refractivity contribution in [2.75, 3.05) is 68.4 Å². The van der Waals surface area contributed by atoms with E-state index in [9.17, 15) is 10.1 Å². The minimum atomic E-state index is -0.627. The SMILES string of the molecule is CC1CCC(C)(c2nc(-c3cc(N4CCN(C(=O)OC(C)(C)C)C(C)C4)cc(N4CCN(C)CC4)n3)no2)c2c1sc(N)c2C#N. The van der Waals surface area contributed by atoms with Crippen LogP contribution in [0.2, 0.25) is 0 Å². The summed E-state index contributed by atoms with van der Waals surface area (Å²) in [5.41, 5.74) is 8.20. The van der Waals surface area contributed by atoms with Crippen LogP contribution >= 0.6 is 11.3 Å². The van der Waals surface area contributed by atoms with Gasteiger partial charge in [0.1, 0.15) is 28.2 Å². The molecule has 3 aliphatic rings.